The summed E-state index contributed by atoms with van der Waals surface area (Å²) in [5.41, 5.74) is 10.2. The van der Waals surface area contributed by atoms with Crippen LogP contribution in [-0.2, 0) is 21.0 Å². The van der Waals surface area contributed by atoms with Crippen molar-refractivity contribution in [2.45, 2.75) is 78.6 Å². The number of benzene rings is 8. The van der Waals surface area contributed by atoms with Gasteiger partial charge >= 0.3 is 0 Å². The average Bonchev–Trinajstić information content (AvgIpc) is 1.29. The Bertz CT molecular complexity index is 4090. The van der Waals surface area contributed by atoms with Crippen LogP contribution < -0.4 is 50.8 Å². The van der Waals surface area contributed by atoms with Gasteiger partial charge in [-0.15, -0.1) is 0 Å². The van der Waals surface area contributed by atoms with E-state index < -0.39 is 0 Å². The quantitative estimate of drug-likeness (QED) is 0.0596. The molecule has 1 aromatic heterocycles. The van der Waals surface area contributed by atoms with Crippen LogP contribution in [0.3, 0.4) is 0 Å². The molecule has 2 aliphatic rings. The molecule has 0 spiro atoms. The van der Waals surface area contributed by atoms with Crippen molar-refractivity contribution in [1.82, 2.24) is 0 Å². The SMILES string of the molecule is CC(C)(C)c1ccc(C(=O)Nc2ccc(NC(=O)/C=C/c3ccco3)cc2)cc1.CC(C)(C)c1ccc(C(=O)Nc2ccc(NC(=O)c3ccc4c(c3)OCCO4)cc2)cc1.CC(C)(C)c1ccc(C(=O)Nc2ccc(NC(=O)c3ccc4c(c3)OCO4)cc2)cc1. The Balaban J connectivity index is 0.000000163. The third kappa shape index (κ3) is 18.2. The molecule has 17 nitrogen and oxygen atoms in total. The molecule has 0 atom stereocenters. The van der Waals surface area contributed by atoms with E-state index in [2.05, 4.69) is 94.2 Å². The molecular weight excluding hydrogens is 1160 g/mol. The lowest BCUT2D eigenvalue weighted by atomic mass is 9.86. The zero-order chi connectivity index (χ0) is 65.6. The van der Waals surface area contributed by atoms with Gasteiger partial charge < -0.3 is 55.3 Å². The van der Waals surface area contributed by atoms with Gasteiger partial charge in [-0.05, 0) is 197 Å². The van der Waals surface area contributed by atoms with Gasteiger partial charge in [-0.25, -0.2) is 0 Å². The van der Waals surface area contributed by atoms with E-state index in [1.807, 2.05) is 72.8 Å². The van der Waals surface area contributed by atoms with Crippen LogP contribution in [0, 0.1) is 0 Å². The molecule has 0 bridgehead atoms. The van der Waals surface area contributed by atoms with E-state index in [0.29, 0.717) is 104 Å². The number of carbonyl (C=O) groups is 6. The van der Waals surface area contributed by atoms with Crippen LogP contribution >= 0.6 is 0 Å². The highest BCUT2D eigenvalue weighted by Gasteiger charge is 2.21. The number of rotatable bonds is 13. The average molecular weight is 1240 g/mol. The van der Waals surface area contributed by atoms with Crippen LogP contribution in [0.2, 0.25) is 0 Å². The predicted molar refractivity (Wildman–Crippen MR) is 361 cm³/mol. The van der Waals surface area contributed by atoms with Gasteiger partial charge in [0.05, 0.1) is 6.26 Å². The Morgan fingerprint density at radius 1 is 0.337 bits per heavy atom. The summed E-state index contributed by atoms with van der Waals surface area (Å²) in [5, 5.41) is 17.1. The molecule has 92 heavy (non-hydrogen) atoms. The molecule has 9 aromatic rings. The topological polar surface area (TPSA) is 225 Å². The Hall–Kier alpha value is -11.2. The molecule has 0 radical (unpaired) electrons. The number of ether oxygens (including phenoxy) is 4. The van der Waals surface area contributed by atoms with Crippen LogP contribution in [0.5, 0.6) is 23.0 Å². The van der Waals surface area contributed by atoms with Crippen molar-refractivity contribution in [3.8, 4) is 23.0 Å². The molecule has 6 N–H and O–H groups in total. The van der Waals surface area contributed by atoms with Crippen molar-refractivity contribution >= 4 is 75.6 Å². The third-order valence-electron chi connectivity index (χ3n) is 14.6. The second kappa shape index (κ2) is 29.0. The summed E-state index contributed by atoms with van der Waals surface area (Å²) in [6.45, 7) is 20.3. The fraction of sp³-hybridized carbons (Fsp3) is 0.200. The van der Waals surface area contributed by atoms with Crippen molar-refractivity contribution < 1.29 is 52.1 Å². The minimum absolute atomic E-state index is 0.0369. The van der Waals surface area contributed by atoms with Gasteiger partial charge in [-0.2, -0.15) is 0 Å². The highest BCUT2D eigenvalue weighted by atomic mass is 16.7. The van der Waals surface area contributed by atoms with Crippen LogP contribution in [0.25, 0.3) is 6.08 Å². The van der Waals surface area contributed by atoms with Crippen LogP contribution in [0.1, 0.15) is 137 Å². The zero-order valence-corrected chi connectivity index (χ0v) is 52.8. The van der Waals surface area contributed by atoms with Crippen molar-refractivity contribution in [2.24, 2.45) is 0 Å². The van der Waals surface area contributed by atoms with Gasteiger partial charge in [-0.3, -0.25) is 28.8 Å². The second-order valence-electron chi connectivity index (χ2n) is 24.7. The molecular formula is C75H74N6O11. The molecule has 2 aliphatic heterocycles. The summed E-state index contributed by atoms with van der Waals surface area (Å²) in [4.78, 5) is 74.5. The van der Waals surface area contributed by atoms with Gasteiger partial charge in [0.1, 0.15) is 19.0 Å². The van der Waals surface area contributed by atoms with Crippen LogP contribution in [0.4, 0.5) is 34.1 Å². The number of nitrogens with one attached hydrogen (secondary N) is 6. The molecule has 470 valence electrons. The largest absolute Gasteiger partial charge is 0.486 e. The molecule has 17 heteroatoms. The highest BCUT2D eigenvalue weighted by Crippen LogP contribution is 2.34. The second-order valence-corrected chi connectivity index (χ2v) is 24.7. The van der Waals surface area contributed by atoms with Gasteiger partial charge in [0.15, 0.2) is 23.0 Å². The van der Waals surface area contributed by atoms with E-state index in [9.17, 15) is 28.8 Å². The van der Waals surface area contributed by atoms with E-state index in [1.54, 1.807) is 134 Å². The number of amides is 6. The molecule has 0 fully saturated rings. The fourth-order valence-electron chi connectivity index (χ4n) is 9.24. The van der Waals surface area contributed by atoms with Crippen LogP contribution in [-0.4, -0.2) is 55.4 Å². The lowest BCUT2D eigenvalue weighted by Crippen LogP contribution is -2.17. The molecule has 3 heterocycles. The van der Waals surface area contributed by atoms with E-state index in [-0.39, 0.29) is 58.5 Å². The lowest BCUT2D eigenvalue weighted by Gasteiger charge is -2.19. The van der Waals surface area contributed by atoms with E-state index in [1.165, 1.54) is 22.8 Å². The molecule has 0 unspecified atom stereocenters. The summed E-state index contributed by atoms with van der Waals surface area (Å²) in [6.07, 6.45) is 4.54. The van der Waals surface area contributed by atoms with Gasteiger partial charge in [0, 0.05) is 68.0 Å². The summed E-state index contributed by atoms with van der Waals surface area (Å²) < 4.78 is 26.7. The number of anilines is 6. The monoisotopic (exact) mass is 1230 g/mol. The molecule has 0 saturated heterocycles. The van der Waals surface area contributed by atoms with Crippen molar-refractivity contribution in [3.63, 3.8) is 0 Å². The maximum atomic E-state index is 12.6. The van der Waals surface area contributed by atoms with E-state index in [0.717, 1.165) is 0 Å². The number of hydrogen-bond acceptors (Lipinski definition) is 11. The standard InChI is InChI=1S/C26H26N2O4.C25H24N2O4.C24H24N2O3/c1-26(2,3)19-7-4-17(5-8-19)24(29)27-20-9-11-21(12-10-20)28-25(30)18-6-13-22-23(16-18)32-15-14-31-22;1-25(2,3)18-7-4-16(5-8-18)23(28)26-19-9-11-20(12-10-19)27-24(29)17-6-13-21-22(14-17)31-15-30-21;1-24(2,3)18-8-6-17(7-9-18)23(28)26-20-12-10-19(11-13-20)25-22(27)15-14-21-5-4-16-29-21/h4-13,16H,14-15H2,1-3H3,(H,27,29)(H,28,30);4-14H,15H2,1-3H3,(H,26,28)(H,27,29);4-16H,1-3H3,(H,25,27)(H,26,28)/b;;15-14+. The summed E-state index contributed by atoms with van der Waals surface area (Å²) in [7, 11) is 0. The Kier molecular flexibility index (Phi) is 20.5. The highest BCUT2D eigenvalue weighted by molar-refractivity contribution is 6.08. The summed E-state index contributed by atoms with van der Waals surface area (Å²) in [5.74, 6) is 1.68. The molecule has 8 aromatic carbocycles. The van der Waals surface area contributed by atoms with Crippen molar-refractivity contribution in [2.75, 3.05) is 51.9 Å². The van der Waals surface area contributed by atoms with Gasteiger partial charge in [-0.1, -0.05) is 98.7 Å². The Morgan fingerprint density at radius 2 is 0.630 bits per heavy atom. The van der Waals surface area contributed by atoms with Crippen molar-refractivity contribution in [3.05, 3.63) is 257 Å². The third-order valence-corrected chi connectivity index (χ3v) is 14.6. The number of hydrogen-bond donors (Lipinski definition) is 6. The predicted octanol–water partition coefficient (Wildman–Crippen LogP) is 16.0. The van der Waals surface area contributed by atoms with Gasteiger partial charge in [0.2, 0.25) is 12.7 Å². The summed E-state index contributed by atoms with van der Waals surface area (Å²) in [6, 6.07) is 57.4. The number of furan rings is 1. The van der Waals surface area contributed by atoms with E-state index in [4.69, 9.17) is 23.4 Å². The maximum Gasteiger partial charge on any atom is 0.255 e. The smallest absolute Gasteiger partial charge is 0.255 e. The minimum atomic E-state index is -0.267. The lowest BCUT2D eigenvalue weighted by molar-refractivity contribution is -0.111. The molecule has 0 saturated carbocycles. The molecule has 6 amide bonds. The minimum Gasteiger partial charge on any atom is -0.486 e. The summed E-state index contributed by atoms with van der Waals surface area (Å²) >= 11 is 0. The number of carbonyl (C=O) groups excluding carboxylic acids is 6. The van der Waals surface area contributed by atoms with Crippen molar-refractivity contribution in [1.29, 1.82) is 0 Å². The Labute approximate surface area is 535 Å². The molecule has 0 aliphatic carbocycles. The normalized spacial score (nSPS) is 12.2. The van der Waals surface area contributed by atoms with E-state index >= 15 is 0 Å². The zero-order valence-electron chi connectivity index (χ0n) is 52.8. The maximum absolute atomic E-state index is 12.6. The first-order valence-corrected chi connectivity index (χ1v) is 29.9. The van der Waals surface area contributed by atoms with Crippen LogP contribution in [0.15, 0.2) is 211 Å². The first kappa shape index (κ1) is 65.3. The van der Waals surface area contributed by atoms with Gasteiger partial charge in [0.25, 0.3) is 29.5 Å². The first-order valence-electron chi connectivity index (χ1n) is 29.9. The fourth-order valence-corrected chi connectivity index (χ4v) is 9.24. The number of fused-ring (bicyclic) bond motifs is 2. The first-order chi connectivity index (χ1) is 43.9. The Morgan fingerprint density at radius 3 is 0.967 bits per heavy atom. The molecule has 11 rings (SSSR count).